The minimum Gasteiger partial charge on any atom is -0.496 e. The molecule has 23 heavy (non-hydrogen) atoms. The number of methoxy groups -OCH3 is 2. The van der Waals surface area contributed by atoms with Gasteiger partial charge in [0.25, 0.3) is 0 Å². The first kappa shape index (κ1) is 17.5. The third-order valence-corrected chi connectivity index (χ3v) is 4.65. The van der Waals surface area contributed by atoms with Gasteiger partial charge in [-0.1, -0.05) is 13.8 Å². The van der Waals surface area contributed by atoms with Crippen LogP contribution in [-0.2, 0) is 9.53 Å². The lowest BCUT2D eigenvalue weighted by atomic mass is 9.78. The van der Waals surface area contributed by atoms with Gasteiger partial charge in [0.15, 0.2) is 5.78 Å². The van der Waals surface area contributed by atoms with Crippen molar-refractivity contribution < 1.29 is 19.1 Å². The van der Waals surface area contributed by atoms with Crippen LogP contribution < -0.4 is 4.74 Å². The predicted octanol–water partition coefficient (Wildman–Crippen LogP) is 4.22. The molecule has 1 unspecified atom stereocenters. The van der Waals surface area contributed by atoms with E-state index in [1.165, 1.54) is 7.11 Å². The maximum atomic E-state index is 12.3. The first-order chi connectivity index (χ1) is 11.0. The molecule has 1 atom stereocenters. The highest BCUT2D eigenvalue weighted by Gasteiger charge is 2.27. The molecule has 0 saturated heterocycles. The number of carbonyl (C=O) groups is 2. The molecule has 0 saturated carbocycles. The van der Waals surface area contributed by atoms with E-state index in [1.54, 1.807) is 7.11 Å². The Labute approximate surface area is 138 Å². The lowest BCUT2D eigenvalue weighted by Crippen LogP contribution is -2.17. The number of Topliss-reactive ketones (excluding diaryl/α,β-unsaturated/α-hetero) is 1. The molecule has 0 radical (unpaired) electrons. The molecule has 0 spiro atoms. The van der Waals surface area contributed by atoms with Crippen molar-refractivity contribution in [1.29, 1.82) is 0 Å². The average Bonchev–Trinajstić information content (AvgIpc) is 2.55. The van der Waals surface area contributed by atoms with Crippen LogP contribution in [-0.4, -0.2) is 26.0 Å². The van der Waals surface area contributed by atoms with E-state index in [0.29, 0.717) is 24.7 Å². The van der Waals surface area contributed by atoms with Crippen molar-refractivity contribution in [2.45, 2.75) is 57.8 Å². The van der Waals surface area contributed by atoms with Gasteiger partial charge < -0.3 is 9.47 Å². The zero-order valence-electron chi connectivity index (χ0n) is 14.5. The van der Waals surface area contributed by atoms with Gasteiger partial charge in [0.1, 0.15) is 5.75 Å². The Bertz CT molecular complexity index is 589. The van der Waals surface area contributed by atoms with Gasteiger partial charge in [-0.05, 0) is 54.4 Å². The Morgan fingerprint density at radius 1 is 1.30 bits per heavy atom. The summed E-state index contributed by atoms with van der Waals surface area (Å²) in [7, 11) is 3.08. The van der Waals surface area contributed by atoms with Crippen molar-refractivity contribution in [3.63, 3.8) is 0 Å². The summed E-state index contributed by atoms with van der Waals surface area (Å²) in [5.74, 6) is 1.51. The Balaban J connectivity index is 2.26. The highest BCUT2D eigenvalue weighted by Crippen LogP contribution is 2.40. The van der Waals surface area contributed by atoms with Gasteiger partial charge in [-0.2, -0.15) is 0 Å². The van der Waals surface area contributed by atoms with Crippen LogP contribution in [0.4, 0.5) is 0 Å². The standard InChI is InChI=1S/C19H26O4/c1-12(2)14-10-16-15(11-18(14)22-3)13(8-9-17(16)20)6-5-7-19(21)23-4/h10-13H,5-9H2,1-4H3. The summed E-state index contributed by atoms with van der Waals surface area (Å²) in [6, 6.07) is 4.04. The Kier molecular flexibility index (Phi) is 5.80. The molecule has 1 aliphatic rings. The lowest BCUT2D eigenvalue weighted by molar-refractivity contribution is -0.140. The Morgan fingerprint density at radius 2 is 2.04 bits per heavy atom. The average molecular weight is 318 g/mol. The van der Waals surface area contributed by atoms with Crippen molar-refractivity contribution in [1.82, 2.24) is 0 Å². The topological polar surface area (TPSA) is 52.6 Å². The van der Waals surface area contributed by atoms with Crippen LogP contribution >= 0.6 is 0 Å². The largest absolute Gasteiger partial charge is 0.496 e. The van der Waals surface area contributed by atoms with E-state index in [9.17, 15) is 9.59 Å². The highest BCUT2D eigenvalue weighted by molar-refractivity contribution is 5.99. The molecule has 0 N–H and O–H groups in total. The van der Waals surface area contributed by atoms with Crippen LogP contribution in [0.5, 0.6) is 5.75 Å². The van der Waals surface area contributed by atoms with Gasteiger partial charge in [-0.3, -0.25) is 9.59 Å². The third kappa shape index (κ3) is 3.92. The molecule has 0 bridgehead atoms. The number of fused-ring (bicyclic) bond motifs is 1. The molecule has 2 rings (SSSR count). The summed E-state index contributed by atoms with van der Waals surface area (Å²) in [5, 5.41) is 0. The van der Waals surface area contributed by atoms with E-state index in [0.717, 1.165) is 41.7 Å². The SMILES string of the molecule is COC(=O)CCCC1CCC(=O)c2cc(C(C)C)c(OC)cc21. The smallest absolute Gasteiger partial charge is 0.305 e. The molecule has 1 aromatic rings. The van der Waals surface area contributed by atoms with Gasteiger partial charge in [0.2, 0.25) is 0 Å². The fraction of sp³-hybridized carbons (Fsp3) is 0.579. The second kappa shape index (κ2) is 7.62. The summed E-state index contributed by atoms with van der Waals surface area (Å²) in [6.45, 7) is 4.21. The van der Waals surface area contributed by atoms with Crippen LogP contribution in [0.25, 0.3) is 0 Å². The van der Waals surface area contributed by atoms with Gasteiger partial charge >= 0.3 is 5.97 Å². The number of ether oxygens (including phenoxy) is 2. The fourth-order valence-electron chi connectivity index (χ4n) is 3.31. The first-order valence-electron chi connectivity index (χ1n) is 8.29. The van der Waals surface area contributed by atoms with Crippen LogP contribution in [0.3, 0.4) is 0 Å². The van der Waals surface area contributed by atoms with Crippen LogP contribution in [0.2, 0.25) is 0 Å². The summed E-state index contributed by atoms with van der Waals surface area (Å²) < 4.78 is 10.2. The maximum absolute atomic E-state index is 12.3. The van der Waals surface area contributed by atoms with E-state index in [-0.39, 0.29) is 11.8 Å². The fourth-order valence-corrected chi connectivity index (χ4v) is 3.31. The molecular weight excluding hydrogens is 292 g/mol. The minimum atomic E-state index is -0.176. The molecule has 0 heterocycles. The molecule has 4 heteroatoms. The van der Waals surface area contributed by atoms with Crippen LogP contribution in [0.1, 0.15) is 79.3 Å². The highest BCUT2D eigenvalue weighted by atomic mass is 16.5. The molecule has 1 aliphatic carbocycles. The molecule has 1 aromatic carbocycles. The minimum absolute atomic E-state index is 0.176. The number of hydrogen-bond donors (Lipinski definition) is 0. The van der Waals surface area contributed by atoms with Crippen LogP contribution in [0, 0.1) is 0 Å². The number of benzene rings is 1. The molecule has 0 aromatic heterocycles. The summed E-state index contributed by atoms with van der Waals surface area (Å²) in [4.78, 5) is 23.6. The predicted molar refractivity (Wildman–Crippen MR) is 89.3 cm³/mol. The molecule has 4 nitrogen and oxygen atoms in total. The number of hydrogen-bond acceptors (Lipinski definition) is 4. The molecule has 0 amide bonds. The monoisotopic (exact) mass is 318 g/mol. The van der Waals surface area contributed by atoms with E-state index < -0.39 is 0 Å². The quantitative estimate of drug-likeness (QED) is 0.737. The van der Waals surface area contributed by atoms with Gasteiger partial charge in [-0.25, -0.2) is 0 Å². The van der Waals surface area contributed by atoms with E-state index in [4.69, 9.17) is 9.47 Å². The Hall–Kier alpha value is -1.84. The summed E-state index contributed by atoms with van der Waals surface area (Å²) >= 11 is 0. The van der Waals surface area contributed by atoms with Crippen molar-refractivity contribution in [3.8, 4) is 5.75 Å². The number of esters is 1. The molecule has 126 valence electrons. The van der Waals surface area contributed by atoms with Crippen molar-refractivity contribution in [2.24, 2.45) is 0 Å². The molecule has 0 fully saturated rings. The van der Waals surface area contributed by atoms with Gasteiger partial charge in [0.05, 0.1) is 14.2 Å². The second-order valence-electron chi connectivity index (χ2n) is 6.46. The van der Waals surface area contributed by atoms with E-state index >= 15 is 0 Å². The van der Waals surface area contributed by atoms with E-state index in [2.05, 4.69) is 13.8 Å². The van der Waals surface area contributed by atoms with Crippen LogP contribution in [0.15, 0.2) is 12.1 Å². The number of carbonyl (C=O) groups excluding carboxylic acids is 2. The zero-order valence-corrected chi connectivity index (χ0v) is 14.5. The van der Waals surface area contributed by atoms with Gasteiger partial charge in [-0.15, -0.1) is 0 Å². The number of rotatable bonds is 6. The van der Waals surface area contributed by atoms with Gasteiger partial charge in [0, 0.05) is 18.4 Å². The summed E-state index contributed by atoms with van der Waals surface area (Å²) in [6.07, 6.45) is 3.52. The Morgan fingerprint density at radius 3 is 2.65 bits per heavy atom. The molecular formula is C19H26O4. The lowest BCUT2D eigenvalue weighted by Gasteiger charge is -2.27. The maximum Gasteiger partial charge on any atom is 0.305 e. The van der Waals surface area contributed by atoms with Crippen molar-refractivity contribution >= 4 is 11.8 Å². The summed E-state index contributed by atoms with van der Waals surface area (Å²) in [5.41, 5.74) is 2.99. The molecule has 0 aliphatic heterocycles. The van der Waals surface area contributed by atoms with E-state index in [1.807, 2.05) is 12.1 Å². The van der Waals surface area contributed by atoms with Crippen molar-refractivity contribution in [2.75, 3.05) is 14.2 Å². The first-order valence-corrected chi connectivity index (χ1v) is 8.29. The zero-order chi connectivity index (χ0) is 17.0. The number of ketones is 1. The normalized spacial score (nSPS) is 17.1. The van der Waals surface area contributed by atoms with Crippen molar-refractivity contribution in [3.05, 3.63) is 28.8 Å². The third-order valence-electron chi connectivity index (χ3n) is 4.65. The second-order valence-corrected chi connectivity index (χ2v) is 6.46.